The van der Waals surface area contributed by atoms with Gasteiger partial charge in [-0.2, -0.15) is 0 Å². The van der Waals surface area contributed by atoms with E-state index in [0.717, 1.165) is 25.7 Å². The fourth-order valence-electron chi connectivity index (χ4n) is 2.54. The number of carboxylic acid groups (broad SMARTS) is 1. The van der Waals surface area contributed by atoms with Crippen LogP contribution < -0.4 is 0 Å². The van der Waals surface area contributed by atoms with Crippen molar-refractivity contribution in [2.24, 2.45) is 0 Å². The van der Waals surface area contributed by atoms with Crippen LogP contribution in [0.4, 0.5) is 4.79 Å². The first-order valence-electron chi connectivity index (χ1n) is 6.98. The van der Waals surface area contributed by atoms with Crippen LogP contribution in [0.3, 0.4) is 0 Å². The lowest BCUT2D eigenvalue weighted by Gasteiger charge is -2.38. The third kappa shape index (κ3) is 4.70. The number of hydrogen-bond acceptors (Lipinski definition) is 3. The van der Waals surface area contributed by atoms with Gasteiger partial charge in [0, 0.05) is 25.7 Å². The molecule has 0 aliphatic carbocycles. The van der Waals surface area contributed by atoms with Crippen molar-refractivity contribution in [1.29, 1.82) is 0 Å². The van der Waals surface area contributed by atoms with Crippen molar-refractivity contribution in [3.63, 3.8) is 0 Å². The minimum atomic E-state index is -0.867. The Balaban J connectivity index is 2.70. The van der Waals surface area contributed by atoms with Crippen LogP contribution in [0.25, 0.3) is 0 Å². The van der Waals surface area contributed by atoms with Gasteiger partial charge in [-0.15, -0.1) is 0 Å². The molecule has 0 aromatic heterocycles. The number of rotatable bonds is 6. The smallest absolute Gasteiger partial charge is 0.320 e. The Morgan fingerprint density at radius 3 is 2.63 bits per heavy atom. The zero-order valence-corrected chi connectivity index (χ0v) is 11.5. The molecule has 1 heterocycles. The summed E-state index contributed by atoms with van der Waals surface area (Å²) in [5, 5.41) is 17.9. The van der Waals surface area contributed by atoms with Crippen molar-refractivity contribution in [2.45, 2.75) is 45.1 Å². The van der Waals surface area contributed by atoms with E-state index in [9.17, 15) is 9.59 Å². The number of amides is 2. The second-order valence-electron chi connectivity index (χ2n) is 4.93. The molecule has 1 fully saturated rings. The van der Waals surface area contributed by atoms with Gasteiger partial charge in [0.2, 0.25) is 0 Å². The predicted molar refractivity (Wildman–Crippen MR) is 70.9 cm³/mol. The Morgan fingerprint density at radius 1 is 1.32 bits per heavy atom. The SMILES string of the molecule is CCCN(CCO)C(=O)N1CCCCC1CC(=O)O. The Bertz CT molecular complexity index is 303. The van der Waals surface area contributed by atoms with E-state index < -0.39 is 5.97 Å². The molecule has 0 saturated carbocycles. The summed E-state index contributed by atoms with van der Waals surface area (Å²) in [6, 6.07) is -0.348. The molecule has 110 valence electrons. The molecule has 19 heavy (non-hydrogen) atoms. The van der Waals surface area contributed by atoms with Crippen molar-refractivity contribution < 1.29 is 19.8 Å². The minimum Gasteiger partial charge on any atom is -0.481 e. The third-order valence-corrected chi connectivity index (χ3v) is 3.42. The number of piperidine rings is 1. The fourth-order valence-corrected chi connectivity index (χ4v) is 2.54. The number of carboxylic acids is 1. The van der Waals surface area contributed by atoms with Gasteiger partial charge in [-0.3, -0.25) is 4.79 Å². The van der Waals surface area contributed by atoms with Crippen LogP contribution in [-0.2, 0) is 4.79 Å². The number of aliphatic hydroxyl groups excluding tert-OH is 1. The van der Waals surface area contributed by atoms with Gasteiger partial charge in [-0.25, -0.2) is 4.79 Å². The third-order valence-electron chi connectivity index (χ3n) is 3.42. The zero-order chi connectivity index (χ0) is 14.3. The van der Waals surface area contributed by atoms with Crippen molar-refractivity contribution >= 4 is 12.0 Å². The highest BCUT2D eigenvalue weighted by atomic mass is 16.4. The molecular weight excluding hydrogens is 248 g/mol. The number of aliphatic carboxylic acids is 1. The lowest BCUT2D eigenvalue weighted by atomic mass is 10.00. The summed E-state index contributed by atoms with van der Waals surface area (Å²) in [5.74, 6) is -0.867. The van der Waals surface area contributed by atoms with E-state index in [1.54, 1.807) is 9.80 Å². The van der Waals surface area contributed by atoms with Crippen LogP contribution in [0.1, 0.15) is 39.0 Å². The van der Waals surface area contributed by atoms with Gasteiger partial charge in [0.15, 0.2) is 0 Å². The predicted octanol–water partition coefficient (Wildman–Crippen LogP) is 1.14. The molecule has 1 saturated heterocycles. The summed E-state index contributed by atoms with van der Waals surface area (Å²) in [5.41, 5.74) is 0. The van der Waals surface area contributed by atoms with Crippen LogP contribution in [-0.4, -0.2) is 64.3 Å². The molecule has 0 radical (unpaired) electrons. The minimum absolute atomic E-state index is 0.00479. The number of carbonyl (C=O) groups excluding carboxylic acids is 1. The quantitative estimate of drug-likeness (QED) is 0.759. The molecule has 1 atom stereocenters. The normalized spacial score (nSPS) is 19.3. The second kappa shape index (κ2) is 7.99. The molecule has 0 spiro atoms. The van der Waals surface area contributed by atoms with Gasteiger partial charge in [0.25, 0.3) is 0 Å². The molecule has 6 nitrogen and oxygen atoms in total. The average molecular weight is 272 g/mol. The molecule has 1 aliphatic heterocycles. The Kier molecular flexibility index (Phi) is 6.62. The van der Waals surface area contributed by atoms with Crippen LogP contribution in [0.5, 0.6) is 0 Å². The van der Waals surface area contributed by atoms with Crippen LogP contribution in [0, 0.1) is 0 Å². The number of likely N-dealkylation sites (tertiary alicyclic amines) is 1. The fraction of sp³-hybridized carbons (Fsp3) is 0.846. The summed E-state index contributed by atoms with van der Waals surface area (Å²) >= 11 is 0. The highest BCUT2D eigenvalue weighted by Crippen LogP contribution is 2.21. The maximum atomic E-state index is 12.4. The summed E-state index contributed by atoms with van der Waals surface area (Å²) in [6.07, 6.45) is 3.46. The van der Waals surface area contributed by atoms with Gasteiger partial charge in [-0.1, -0.05) is 6.92 Å². The molecule has 6 heteroatoms. The van der Waals surface area contributed by atoms with Crippen molar-refractivity contribution in [3.05, 3.63) is 0 Å². The molecule has 0 bridgehead atoms. The number of urea groups is 1. The Labute approximate surface area is 114 Å². The van der Waals surface area contributed by atoms with Crippen LogP contribution >= 0.6 is 0 Å². The van der Waals surface area contributed by atoms with Crippen molar-refractivity contribution in [2.75, 3.05) is 26.2 Å². The molecule has 2 N–H and O–H groups in total. The number of hydrogen-bond donors (Lipinski definition) is 2. The largest absolute Gasteiger partial charge is 0.481 e. The van der Waals surface area contributed by atoms with E-state index in [-0.39, 0.29) is 25.1 Å². The lowest BCUT2D eigenvalue weighted by molar-refractivity contribution is -0.138. The summed E-state index contributed by atoms with van der Waals surface area (Å²) in [6.45, 7) is 3.42. The van der Waals surface area contributed by atoms with Gasteiger partial charge >= 0.3 is 12.0 Å². The van der Waals surface area contributed by atoms with Gasteiger partial charge in [0.05, 0.1) is 13.0 Å². The second-order valence-corrected chi connectivity index (χ2v) is 4.93. The van der Waals surface area contributed by atoms with Gasteiger partial charge in [-0.05, 0) is 25.7 Å². The molecule has 0 aromatic rings. The summed E-state index contributed by atoms with van der Waals surface area (Å²) in [4.78, 5) is 26.6. The van der Waals surface area contributed by atoms with E-state index >= 15 is 0 Å². The maximum absolute atomic E-state index is 12.4. The summed E-state index contributed by atoms with van der Waals surface area (Å²) < 4.78 is 0. The van der Waals surface area contributed by atoms with E-state index in [1.807, 2.05) is 6.92 Å². The monoisotopic (exact) mass is 272 g/mol. The van der Waals surface area contributed by atoms with Crippen molar-refractivity contribution in [3.8, 4) is 0 Å². The number of carbonyl (C=O) groups is 2. The molecular formula is C13H24N2O4. The first-order valence-corrected chi connectivity index (χ1v) is 6.98. The van der Waals surface area contributed by atoms with Gasteiger partial charge in [0.1, 0.15) is 0 Å². The van der Waals surface area contributed by atoms with Crippen molar-refractivity contribution in [1.82, 2.24) is 9.80 Å². The number of nitrogens with zero attached hydrogens (tertiary/aromatic N) is 2. The van der Waals surface area contributed by atoms with Crippen LogP contribution in [0.2, 0.25) is 0 Å². The first kappa shape index (κ1) is 15.8. The zero-order valence-electron chi connectivity index (χ0n) is 11.5. The molecule has 1 unspecified atom stereocenters. The molecule has 1 rings (SSSR count). The number of aliphatic hydroxyl groups is 1. The van der Waals surface area contributed by atoms with Gasteiger partial charge < -0.3 is 20.0 Å². The van der Waals surface area contributed by atoms with E-state index in [0.29, 0.717) is 19.6 Å². The Morgan fingerprint density at radius 2 is 2.05 bits per heavy atom. The standard InChI is InChI=1S/C13H24N2O4/c1-2-6-14(8-9-16)13(19)15-7-4-3-5-11(15)10-12(17)18/h11,16H,2-10H2,1H3,(H,17,18). The molecule has 1 aliphatic rings. The van der Waals surface area contributed by atoms with E-state index in [4.69, 9.17) is 10.2 Å². The van der Waals surface area contributed by atoms with E-state index in [2.05, 4.69) is 0 Å². The molecule has 0 aromatic carbocycles. The summed E-state index contributed by atoms with van der Waals surface area (Å²) in [7, 11) is 0. The van der Waals surface area contributed by atoms with E-state index in [1.165, 1.54) is 0 Å². The highest BCUT2D eigenvalue weighted by Gasteiger charge is 2.30. The lowest BCUT2D eigenvalue weighted by Crippen LogP contribution is -2.51. The Hall–Kier alpha value is -1.30. The topological polar surface area (TPSA) is 81.1 Å². The maximum Gasteiger partial charge on any atom is 0.320 e. The molecule has 2 amide bonds. The van der Waals surface area contributed by atoms with Crippen LogP contribution in [0.15, 0.2) is 0 Å². The highest BCUT2D eigenvalue weighted by molar-refractivity contribution is 5.76. The average Bonchev–Trinajstić information content (AvgIpc) is 2.38. The first-order chi connectivity index (χ1) is 9.10.